The van der Waals surface area contributed by atoms with Crippen LogP contribution in [0.25, 0.3) is 0 Å². The Bertz CT molecular complexity index is 487. The van der Waals surface area contributed by atoms with E-state index < -0.39 is 0 Å². The Morgan fingerprint density at radius 1 is 1.48 bits per heavy atom. The van der Waals surface area contributed by atoms with E-state index in [0.717, 1.165) is 43.9 Å². The fourth-order valence-corrected chi connectivity index (χ4v) is 2.38. The van der Waals surface area contributed by atoms with Crippen LogP contribution in [0.1, 0.15) is 25.3 Å². The molecule has 1 saturated heterocycles. The molecule has 2 amide bonds. The van der Waals surface area contributed by atoms with Crippen LogP contribution in [0.2, 0.25) is 0 Å². The van der Waals surface area contributed by atoms with Gasteiger partial charge < -0.3 is 20.3 Å². The van der Waals surface area contributed by atoms with Crippen LogP contribution >= 0.6 is 0 Å². The van der Waals surface area contributed by atoms with Crippen molar-refractivity contribution in [2.45, 2.75) is 38.5 Å². The quantitative estimate of drug-likeness (QED) is 0.876. The van der Waals surface area contributed by atoms with E-state index in [1.54, 1.807) is 0 Å². The summed E-state index contributed by atoms with van der Waals surface area (Å²) in [6.07, 6.45) is 4.27. The first-order chi connectivity index (χ1) is 10.2. The van der Waals surface area contributed by atoms with Crippen molar-refractivity contribution in [1.29, 1.82) is 0 Å². The molecule has 1 aliphatic heterocycles. The van der Waals surface area contributed by atoms with Gasteiger partial charge in [-0.25, -0.2) is 9.78 Å². The van der Waals surface area contributed by atoms with Crippen LogP contribution in [0.3, 0.4) is 0 Å². The molecular formula is C15H22N4O2. The molecule has 0 bridgehead atoms. The molecule has 1 atom stereocenters. The molecule has 0 aromatic carbocycles. The van der Waals surface area contributed by atoms with Crippen molar-refractivity contribution in [1.82, 2.24) is 15.6 Å². The smallest absolute Gasteiger partial charge is 0.315 e. The van der Waals surface area contributed by atoms with Crippen molar-refractivity contribution in [3.05, 3.63) is 23.9 Å². The number of ether oxygens (including phenoxy) is 1. The zero-order valence-electron chi connectivity index (χ0n) is 12.3. The minimum absolute atomic E-state index is 0.0939. The highest BCUT2D eigenvalue weighted by Crippen LogP contribution is 2.18. The molecule has 1 aliphatic carbocycles. The Labute approximate surface area is 124 Å². The second kappa shape index (κ2) is 6.30. The summed E-state index contributed by atoms with van der Waals surface area (Å²) >= 11 is 0. The summed E-state index contributed by atoms with van der Waals surface area (Å²) < 4.78 is 5.53. The van der Waals surface area contributed by atoms with Crippen LogP contribution in [0.5, 0.6) is 0 Å². The molecule has 0 spiro atoms. The highest BCUT2D eigenvalue weighted by Gasteiger charge is 2.23. The number of pyridine rings is 1. The maximum Gasteiger partial charge on any atom is 0.315 e. The highest BCUT2D eigenvalue weighted by atomic mass is 16.5. The number of anilines is 1. The average molecular weight is 290 g/mol. The Morgan fingerprint density at radius 2 is 2.33 bits per heavy atom. The molecule has 1 saturated carbocycles. The zero-order valence-corrected chi connectivity index (χ0v) is 12.3. The van der Waals surface area contributed by atoms with E-state index in [-0.39, 0.29) is 12.1 Å². The minimum Gasteiger partial charge on any atom is -0.375 e. The van der Waals surface area contributed by atoms with E-state index in [9.17, 15) is 4.79 Å². The van der Waals surface area contributed by atoms with Crippen molar-refractivity contribution in [3.63, 3.8) is 0 Å². The van der Waals surface area contributed by atoms with Crippen LogP contribution in [0.15, 0.2) is 18.3 Å². The predicted octanol–water partition coefficient (Wildman–Crippen LogP) is 1.27. The van der Waals surface area contributed by atoms with Crippen molar-refractivity contribution in [2.24, 2.45) is 0 Å². The summed E-state index contributed by atoms with van der Waals surface area (Å²) in [6, 6.07) is 4.31. The normalized spacial score (nSPS) is 22.0. The molecule has 1 aromatic rings. The fourth-order valence-electron chi connectivity index (χ4n) is 2.38. The van der Waals surface area contributed by atoms with Gasteiger partial charge in [0.25, 0.3) is 0 Å². The van der Waals surface area contributed by atoms with Gasteiger partial charge in [0.05, 0.1) is 12.7 Å². The number of urea groups is 1. The molecule has 2 N–H and O–H groups in total. The number of hydrogen-bond donors (Lipinski definition) is 2. The van der Waals surface area contributed by atoms with Gasteiger partial charge in [0, 0.05) is 31.9 Å². The van der Waals surface area contributed by atoms with Gasteiger partial charge in [0.2, 0.25) is 0 Å². The SMILES string of the molecule is CC1CN(c2ccc(CNC(=O)NC3CC3)cn2)CCO1. The maximum atomic E-state index is 11.6. The highest BCUT2D eigenvalue weighted by molar-refractivity contribution is 5.74. The molecule has 1 aromatic heterocycles. The third-order valence-corrected chi connectivity index (χ3v) is 3.74. The zero-order chi connectivity index (χ0) is 14.7. The van der Waals surface area contributed by atoms with E-state index >= 15 is 0 Å². The van der Waals surface area contributed by atoms with Crippen LogP contribution in [0.4, 0.5) is 10.6 Å². The van der Waals surface area contributed by atoms with Gasteiger partial charge in [-0.3, -0.25) is 0 Å². The summed E-state index contributed by atoms with van der Waals surface area (Å²) in [5.41, 5.74) is 1.01. The monoisotopic (exact) mass is 290 g/mol. The van der Waals surface area contributed by atoms with Gasteiger partial charge in [-0.05, 0) is 31.4 Å². The van der Waals surface area contributed by atoms with Crippen molar-refractivity contribution >= 4 is 11.8 Å². The van der Waals surface area contributed by atoms with E-state index in [2.05, 4.69) is 27.4 Å². The number of morpholine rings is 1. The Hall–Kier alpha value is -1.82. The van der Waals surface area contributed by atoms with Gasteiger partial charge in [-0.15, -0.1) is 0 Å². The molecule has 2 aliphatic rings. The van der Waals surface area contributed by atoms with Crippen LogP contribution in [-0.4, -0.2) is 42.9 Å². The number of nitrogens with zero attached hydrogens (tertiary/aromatic N) is 2. The van der Waals surface area contributed by atoms with E-state index in [4.69, 9.17) is 4.74 Å². The predicted molar refractivity (Wildman–Crippen MR) is 80.3 cm³/mol. The number of carbonyl (C=O) groups excluding carboxylic acids is 1. The average Bonchev–Trinajstić information content (AvgIpc) is 3.30. The number of aromatic nitrogens is 1. The largest absolute Gasteiger partial charge is 0.375 e. The van der Waals surface area contributed by atoms with Gasteiger partial charge in [0.1, 0.15) is 5.82 Å². The Morgan fingerprint density at radius 3 is 3.00 bits per heavy atom. The molecule has 3 rings (SSSR count). The Balaban J connectivity index is 1.50. The van der Waals surface area contributed by atoms with Gasteiger partial charge in [-0.2, -0.15) is 0 Å². The summed E-state index contributed by atoms with van der Waals surface area (Å²) in [5.74, 6) is 0.969. The van der Waals surface area contributed by atoms with Gasteiger partial charge in [0.15, 0.2) is 0 Å². The van der Waals surface area contributed by atoms with Gasteiger partial charge in [-0.1, -0.05) is 6.07 Å². The lowest BCUT2D eigenvalue weighted by molar-refractivity contribution is 0.0529. The van der Waals surface area contributed by atoms with E-state index in [1.807, 2.05) is 18.3 Å². The van der Waals surface area contributed by atoms with Crippen molar-refractivity contribution in [3.8, 4) is 0 Å². The molecule has 6 heteroatoms. The summed E-state index contributed by atoms with van der Waals surface area (Å²) in [5, 5.41) is 5.75. The molecular weight excluding hydrogens is 268 g/mol. The lowest BCUT2D eigenvalue weighted by atomic mass is 10.2. The number of hydrogen-bond acceptors (Lipinski definition) is 4. The van der Waals surface area contributed by atoms with E-state index in [1.165, 1.54) is 0 Å². The van der Waals surface area contributed by atoms with E-state index in [0.29, 0.717) is 12.6 Å². The minimum atomic E-state index is -0.0939. The first-order valence-electron chi connectivity index (χ1n) is 7.56. The standard InChI is InChI=1S/C15H22N4O2/c1-11-10-19(6-7-21-11)14-5-2-12(8-16-14)9-17-15(20)18-13-3-4-13/h2,5,8,11,13H,3-4,6-7,9-10H2,1H3,(H2,17,18,20). The summed E-state index contributed by atoms with van der Waals surface area (Å²) in [7, 11) is 0. The number of carbonyl (C=O) groups is 1. The first-order valence-corrected chi connectivity index (χ1v) is 7.56. The Kier molecular flexibility index (Phi) is 4.24. The fraction of sp³-hybridized carbons (Fsp3) is 0.600. The molecule has 6 nitrogen and oxygen atoms in total. The van der Waals surface area contributed by atoms with Crippen molar-refractivity contribution < 1.29 is 9.53 Å². The van der Waals surface area contributed by atoms with Crippen LogP contribution in [0, 0.1) is 0 Å². The molecule has 2 heterocycles. The third-order valence-electron chi connectivity index (χ3n) is 3.74. The molecule has 0 radical (unpaired) electrons. The molecule has 114 valence electrons. The number of nitrogens with one attached hydrogen (secondary N) is 2. The third kappa shape index (κ3) is 4.07. The van der Waals surface area contributed by atoms with Gasteiger partial charge >= 0.3 is 6.03 Å². The second-order valence-electron chi connectivity index (χ2n) is 5.75. The first kappa shape index (κ1) is 14.1. The second-order valence-corrected chi connectivity index (χ2v) is 5.75. The van der Waals surface area contributed by atoms with Crippen LogP contribution < -0.4 is 15.5 Å². The maximum absolute atomic E-state index is 11.6. The lowest BCUT2D eigenvalue weighted by Crippen LogP contribution is -2.41. The summed E-state index contributed by atoms with van der Waals surface area (Å²) in [6.45, 7) is 5.06. The lowest BCUT2D eigenvalue weighted by Gasteiger charge is -2.32. The van der Waals surface area contributed by atoms with Crippen molar-refractivity contribution in [2.75, 3.05) is 24.6 Å². The van der Waals surface area contributed by atoms with Crippen LogP contribution in [-0.2, 0) is 11.3 Å². The number of rotatable bonds is 4. The molecule has 1 unspecified atom stereocenters. The topological polar surface area (TPSA) is 66.5 Å². The molecule has 21 heavy (non-hydrogen) atoms. The molecule has 2 fully saturated rings. The number of amides is 2. The summed E-state index contributed by atoms with van der Waals surface area (Å²) in [4.78, 5) is 18.3.